The highest BCUT2D eigenvalue weighted by Crippen LogP contribution is 2.28. The molecule has 2 heterocycles. The van der Waals surface area contributed by atoms with Crippen LogP contribution >= 0.6 is 0 Å². The number of carbonyl (C=O) groups is 3. The van der Waals surface area contributed by atoms with Crippen LogP contribution in [-0.2, 0) is 29.8 Å². The summed E-state index contributed by atoms with van der Waals surface area (Å²) in [5.41, 5.74) is -1.68. The molecule has 0 unspecified atom stereocenters. The van der Waals surface area contributed by atoms with Crippen LogP contribution in [0.25, 0.3) is 11.8 Å². The fourth-order valence-corrected chi connectivity index (χ4v) is 4.66. The van der Waals surface area contributed by atoms with Crippen molar-refractivity contribution in [3.8, 4) is 11.6 Å². The molecular weight excluding hydrogens is 612 g/mol. The highest BCUT2D eigenvalue weighted by molar-refractivity contribution is 7.86. The Morgan fingerprint density at radius 2 is 1.30 bits per heavy atom. The fourth-order valence-electron chi connectivity index (χ4n) is 3.70. The quantitative estimate of drug-likeness (QED) is 0.128. The number of hydrazone groups is 1. The summed E-state index contributed by atoms with van der Waals surface area (Å²) in [5.74, 6) is -4.52. The molecule has 0 aliphatic carbocycles. The van der Waals surface area contributed by atoms with Gasteiger partial charge in [-0.2, -0.15) is 36.7 Å². The van der Waals surface area contributed by atoms with E-state index in [0.717, 1.165) is 58.2 Å². The van der Waals surface area contributed by atoms with Crippen molar-refractivity contribution < 1.29 is 55.6 Å². The minimum absolute atomic E-state index is 0.0183. The lowest BCUT2D eigenvalue weighted by molar-refractivity contribution is -0.129. The molecule has 0 saturated heterocycles. The second kappa shape index (κ2) is 11.4. The van der Waals surface area contributed by atoms with E-state index in [9.17, 15) is 46.5 Å². The molecule has 43 heavy (non-hydrogen) atoms. The number of carboxylic acids is 2. The monoisotopic (exact) mass is 630 g/mol. The molecule has 1 aliphatic heterocycles. The minimum atomic E-state index is -4.50. The van der Waals surface area contributed by atoms with Crippen LogP contribution in [0.3, 0.4) is 0 Å². The third kappa shape index (κ3) is 6.41. The molecule has 0 fully saturated rings. The zero-order chi connectivity index (χ0) is 31.7. The summed E-state index contributed by atoms with van der Waals surface area (Å²) in [5, 5.41) is 37.9. The number of aromatic nitrogens is 2. The third-order valence-corrected chi connectivity index (χ3v) is 7.42. The number of aromatic carboxylic acids is 1. The number of benzene rings is 2. The normalized spacial score (nSPS) is 15.1. The van der Waals surface area contributed by atoms with E-state index in [0.29, 0.717) is 0 Å². The lowest BCUT2D eigenvalue weighted by Gasteiger charge is -2.11. The molecule has 0 atom stereocenters. The molecule has 5 N–H and O–H groups in total. The number of allylic oxidation sites excluding steroid dienone is 4. The van der Waals surface area contributed by atoms with E-state index >= 15 is 0 Å². The molecule has 1 aromatic heterocycles. The van der Waals surface area contributed by atoms with Gasteiger partial charge in [0.25, 0.3) is 26.1 Å². The summed E-state index contributed by atoms with van der Waals surface area (Å²) in [6, 6.07) is 8.66. The maximum Gasteiger partial charge on any atom is 0.357 e. The first kappa shape index (κ1) is 30.5. The smallest absolute Gasteiger partial charge is 0.357 e. The number of rotatable bonds is 9. The predicted octanol–water partition coefficient (Wildman–Crippen LogP) is 1.75. The zero-order valence-corrected chi connectivity index (χ0v) is 22.8. The van der Waals surface area contributed by atoms with E-state index in [1.807, 2.05) is 0 Å². The average molecular weight is 631 g/mol. The number of hydrogen-bond acceptors (Lipinski definition) is 10. The number of aromatic hydroxyl groups is 1. The van der Waals surface area contributed by atoms with Crippen molar-refractivity contribution in [3.63, 3.8) is 0 Å². The molecular formula is C25H18N4O12S2. The van der Waals surface area contributed by atoms with E-state index in [1.54, 1.807) is 0 Å². The molecule has 0 spiro atoms. The number of anilines is 1. The standard InChI is InChI=1S/C25H18N4O12S2/c30-22-18(20(24(32)33)26-28(22)14-6-10-16(11-7-14)42(36,37)38)4-2-1-3-5-19-21(25(34)35)27-29(23(19)31)15-8-12-17(13-9-15)43(39,40)41/h1-13,30H,(H,32,33)(H,34,35)(H,36,37,38)(H,39,40,41)/b3-1?,4-2?,19-5-. The Balaban J connectivity index is 1.59. The molecule has 3 aromatic rings. The maximum absolute atomic E-state index is 12.9. The van der Waals surface area contributed by atoms with E-state index in [-0.39, 0.29) is 22.5 Å². The van der Waals surface area contributed by atoms with E-state index in [2.05, 4.69) is 10.2 Å². The summed E-state index contributed by atoms with van der Waals surface area (Å²) in [6.07, 6.45) is 6.06. The van der Waals surface area contributed by atoms with Crippen LogP contribution in [-0.4, -0.2) is 74.6 Å². The summed E-state index contributed by atoms with van der Waals surface area (Å²) in [7, 11) is -8.99. The molecule has 1 aliphatic rings. The molecule has 4 rings (SSSR count). The highest BCUT2D eigenvalue weighted by Gasteiger charge is 2.34. The first-order valence-corrected chi connectivity index (χ1v) is 14.4. The average Bonchev–Trinajstić information content (AvgIpc) is 3.44. The Morgan fingerprint density at radius 3 is 1.79 bits per heavy atom. The molecule has 2 aromatic carbocycles. The molecule has 0 bridgehead atoms. The molecule has 18 heteroatoms. The van der Waals surface area contributed by atoms with Crippen molar-refractivity contribution in [1.82, 2.24) is 9.78 Å². The number of aliphatic carboxylic acids is 1. The Hall–Kier alpha value is -5.43. The van der Waals surface area contributed by atoms with Crippen molar-refractivity contribution >= 4 is 55.6 Å². The predicted molar refractivity (Wildman–Crippen MR) is 147 cm³/mol. The Morgan fingerprint density at radius 1 is 0.767 bits per heavy atom. The second-order valence-corrected chi connectivity index (χ2v) is 11.3. The van der Waals surface area contributed by atoms with Gasteiger partial charge in [-0.3, -0.25) is 13.9 Å². The van der Waals surface area contributed by atoms with Crippen LogP contribution in [0.1, 0.15) is 16.1 Å². The summed E-state index contributed by atoms with van der Waals surface area (Å²) >= 11 is 0. The van der Waals surface area contributed by atoms with Gasteiger partial charge in [0.1, 0.15) is 0 Å². The van der Waals surface area contributed by atoms with Crippen LogP contribution in [0.2, 0.25) is 0 Å². The molecule has 0 radical (unpaired) electrons. The van der Waals surface area contributed by atoms with Crippen molar-refractivity contribution in [2.24, 2.45) is 5.10 Å². The largest absolute Gasteiger partial charge is 0.493 e. The Labute approximate surface area is 241 Å². The van der Waals surface area contributed by atoms with E-state index in [1.165, 1.54) is 30.4 Å². The van der Waals surface area contributed by atoms with Gasteiger partial charge in [-0.25, -0.2) is 9.59 Å². The van der Waals surface area contributed by atoms with Gasteiger partial charge < -0.3 is 15.3 Å². The van der Waals surface area contributed by atoms with Gasteiger partial charge in [0.2, 0.25) is 5.88 Å². The number of amides is 1. The lowest BCUT2D eigenvalue weighted by Crippen LogP contribution is -2.22. The Bertz CT molecular complexity index is 1990. The SMILES string of the molecule is O=C(O)C1=NN(c2ccc(S(=O)(=O)O)cc2)C(=O)/C1=C\C=CC=Cc1c(C(=O)O)nn(-c2ccc(S(=O)(=O)O)cc2)c1O. The topological polar surface area (TPSA) is 254 Å². The number of nitrogens with zero attached hydrogens (tertiary/aromatic N) is 4. The second-order valence-electron chi connectivity index (χ2n) is 8.44. The van der Waals surface area contributed by atoms with Crippen LogP contribution in [0.5, 0.6) is 5.88 Å². The molecule has 0 saturated carbocycles. The van der Waals surface area contributed by atoms with Gasteiger partial charge in [-0.15, -0.1) is 0 Å². The van der Waals surface area contributed by atoms with Gasteiger partial charge in [-0.05, 0) is 60.7 Å². The summed E-state index contributed by atoms with van der Waals surface area (Å²) in [4.78, 5) is 35.4. The number of carboxylic acid groups (broad SMARTS) is 2. The van der Waals surface area contributed by atoms with E-state index in [4.69, 9.17) is 9.11 Å². The number of carbonyl (C=O) groups excluding carboxylic acids is 1. The summed E-state index contributed by atoms with van der Waals surface area (Å²) in [6.45, 7) is 0. The van der Waals surface area contributed by atoms with Gasteiger partial charge in [-0.1, -0.05) is 18.2 Å². The van der Waals surface area contributed by atoms with Crippen LogP contribution in [0.15, 0.2) is 93.3 Å². The van der Waals surface area contributed by atoms with Gasteiger partial charge in [0, 0.05) is 0 Å². The van der Waals surface area contributed by atoms with Crippen molar-refractivity contribution in [3.05, 3.63) is 89.7 Å². The minimum Gasteiger partial charge on any atom is -0.493 e. The van der Waals surface area contributed by atoms with Crippen LogP contribution < -0.4 is 5.01 Å². The molecule has 1 amide bonds. The number of hydrogen-bond donors (Lipinski definition) is 5. The summed E-state index contributed by atoms with van der Waals surface area (Å²) < 4.78 is 64.0. The van der Waals surface area contributed by atoms with E-state index < -0.39 is 65.2 Å². The van der Waals surface area contributed by atoms with Gasteiger partial charge >= 0.3 is 11.9 Å². The fraction of sp³-hybridized carbons (Fsp3) is 0. The van der Waals surface area contributed by atoms with Crippen LogP contribution in [0, 0.1) is 0 Å². The van der Waals surface area contributed by atoms with Crippen LogP contribution in [0.4, 0.5) is 5.69 Å². The maximum atomic E-state index is 12.9. The Kier molecular flexibility index (Phi) is 8.13. The van der Waals surface area contributed by atoms with Gasteiger partial charge in [0.15, 0.2) is 11.4 Å². The highest BCUT2D eigenvalue weighted by atomic mass is 32.2. The molecule has 16 nitrogen and oxygen atoms in total. The lowest BCUT2D eigenvalue weighted by atomic mass is 10.1. The zero-order valence-electron chi connectivity index (χ0n) is 21.2. The first-order valence-electron chi connectivity index (χ1n) is 11.5. The first-order chi connectivity index (χ1) is 20.1. The van der Waals surface area contributed by atoms with Crippen molar-refractivity contribution in [1.29, 1.82) is 0 Å². The molecule has 222 valence electrons. The van der Waals surface area contributed by atoms with Crippen molar-refractivity contribution in [2.45, 2.75) is 9.79 Å². The third-order valence-electron chi connectivity index (χ3n) is 5.69. The van der Waals surface area contributed by atoms with Crippen molar-refractivity contribution in [2.75, 3.05) is 5.01 Å². The van der Waals surface area contributed by atoms with Gasteiger partial charge in [0.05, 0.1) is 32.3 Å².